The number of hydrogen-bond acceptors (Lipinski definition) is 5. The van der Waals surface area contributed by atoms with Gasteiger partial charge in [-0.05, 0) is 24.2 Å². The molecule has 7 nitrogen and oxygen atoms in total. The second-order valence-corrected chi connectivity index (χ2v) is 6.04. The summed E-state index contributed by atoms with van der Waals surface area (Å²) in [5, 5.41) is 9.19. The van der Waals surface area contributed by atoms with Gasteiger partial charge >= 0.3 is 0 Å². The first-order valence-electron chi connectivity index (χ1n) is 6.36. The first kappa shape index (κ1) is 15.5. The summed E-state index contributed by atoms with van der Waals surface area (Å²) in [4.78, 5) is 3.42. The van der Waals surface area contributed by atoms with Crippen LogP contribution in [0.4, 0.5) is 4.39 Å². The van der Waals surface area contributed by atoms with Crippen LogP contribution in [0, 0.1) is 5.82 Å². The predicted octanol–water partition coefficient (Wildman–Crippen LogP) is 0.532. The zero-order chi connectivity index (χ0) is 15.3. The Labute approximate surface area is 122 Å². The molecule has 1 aromatic carbocycles. The molecule has 2 rings (SSSR count). The first-order valence-corrected chi connectivity index (χ1v) is 7.84. The van der Waals surface area contributed by atoms with E-state index in [0.717, 1.165) is 12.6 Å². The van der Waals surface area contributed by atoms with Gasteiger partial charge in [-0.1, -0.05) is 13.0 Å². The molecule has 0 saturated carbocycles. The normalized spacial score (nSPS) is 11.7. The SMILES string of the molecule is CCNCc1ccc(F)c(S(=O)(=O)NCc2ncn[nH]2)c1. The van der Waals surface area contributed by atoms with Gasteiger partial charge in [-0.15, -0.1) is 0 Å². The molecule has 3 N–H and O–H groups in total. The fourth-order valence-electron chi connectivity index (χ4n) is 1.69. The van der Waals surface area contributed by atoms with E-state index in [4.69, 9.17) is 0 Å². The standard InChI is InChI=1S/C12H16FN5O2S/c1-2-14-6-9-3-4-10(13)11(5-9)21(19,20)17-7-12-15-8-16-18-12/h3-5,8,14,17H,2,6-7H2,1H3,(H,15,16,18). The highest BCUT2D eigenvalue weighted by atomic mass is 32.2. The molecule has 1 heterocycles. The number of aromatic nitrogens is 3. The van der Waals surface area contributed by atoms with E-state index in [1.165, 1.54) is 12.4 Å². The largest absolute Gasteiger partial charge is 0.313 e. The van der Waals surface area contributed by atoms with Gasteiger partial charge in [0.15, 0.2) is 0 Å². The molecule has 0 fully saturated rings. The minimum absolute atomic E-state index is 0.0841. The minimum Gasteiger partial charge on any atom is -0.313 e. The van der Waals surface area contributed by atoms with Gasteiger partial charge in [0, 0.05) is 6.54 Å². The van der Waals surface area contributed by atoms with Crippen molar-refractivity contribution in [3.8, 4) is 0 Å². The number of halogens is 1. The van der Waals surface area contributed by atoms with Crippen molar-refractivity contribution in [1.82, 2.24) is 25.2 Å². The molecule has 0 saturated heterocycles. The van der Waals surface area contributed by atoms with E-state index in [2.05, 4.69) is 25.2 Å². The Morgan fingerprint density at radius 1 is 1.33 bits per heavy atom. The summed E-state index contributed by atoms with van der Waals surface area (Å²) in [7, 11) is -3.96. The third-order valence-corrected chi connectivity index (χ3v) is 4.18. The number of aromatic amines is 1. The Balaban J connectivity index is 2.17. The van der Waals surface area contributed by atoms with E-state index in [1.807, 2.05) is 6.92 Å². The Kier molecular flexibility index (Phi) is 4.99. The van der Waals surface area contributed by atoms with Gasteiger partial charge in [0.05, 0.1) is 6.54 Å². The molecule has 9 heteroatoms. The molecule has 0 amide bonds. The molecule has 0 aliphatic rings. The quantitative estimate of drug-likeness (QED) is 0.692. The van der Waals surface area contributed by atoms with Crippen LogP contribution in [0.2, 0.25) is 0 Å². The van der Waals surface area contributed by atoms with E-state index in [9.17, 15) is 12.8 Å². The van der Waals surface area contributed by atoms with Crippen molar-refractivity contribution in [1.29, 1.82) is 0 Å². The van der Waals surface area contributed by atoms with Crippen LogP contribution in [0.5, 0.6) is 0 Å². The summed E-state index contributed by atoms with van der Waals surface area (Å²) in [5.41, 5.74) is 0.693. The predicted molar refractivity (Wildman–Crippen MR) is 74.2 cm³/mol. The lowest BCUT2D eigenvalue weighted by Gasteiger charge is -2.09. The average molecular weight is 313 g/mol. The molecule has 1 aromatic heterocycles. The Morgan fingerprint density at radius 3 is 2.81 bits per heavy atom. The Morgan fingerprint density at radius 2 is 2.14 bits per heavy atom. The number of hydrogen-bond donors (Lipinski definition) is 3. The van der Waals surface area contributed by atoms with Crippen molar-refractivity contribution < 1.29 is 12.8 Å². The molecule has 0 spiro atoms. The zero-order valence-corrected chi connectivity index (χ0v) is 12.2. The summed E-state index contributed by atoms with van der Waals surface area (Å²) < 4.78 is 40.3. The highest BCUT2D eigenvalue weighted by Crippen LogP contribution is 2.16. The van der Waals surface area contributed by atoms with Gasteiger partial charge in [-0.2, -0.15) is 5.10 Å². The third kappa shape index (κ3) is 4.06. The molecular weight excluding hydrogens is 297 g/mol. The fraction of sp³-hybridized carbons (Fsp3) is 0.333. The van der Waals surface area contributed by atoms with E-state index >= 15 is 0 Å². The highest BCUT2D eigenvalue weighted by Gasteiger charge is 2.19. The van der Waals surface area contributed by atoms with Gasteiger partial charge in [0.25, 0.3) is 0 Å². The Bertz CT molecular complexity index is 688. The minimum atomic E-state index is -3.96. The van der Waals surface area contributed by atoms with Crippen LogP contribution >= 0.6 is 0 Å². The molecule has 0 atom stereocenters. The smallest absolute Gasteiger partial charge is 0.243 e. The van der Waals surface area contributed by atoms with Crippen LogP contribution in [0.25, 0.3) is 0 Å². The van der Waals surface area contributed by atoms with Crippen molar-refractivity contribution in [2.75, 3.05) is 6.54 Å². The molecule has 2 aromatic rings. The highest BCUT2D eigenvalue weighted by molar-refractivity contribution is 7.89. The number of benzene rings is 1. The van der Waals surface area contributed by atoms with E-state index in [-0.39, 0.29) is 11.4 Å². The fourth-order valence-corrected chi connectivity index (χ4v) is 2.80. The summed E-state index contributed by atoms with van der Waals surface area (Å²) >= 11 is 0. The second kappa shape index (κ2) is 6.74. The number of nitrogens with one attached hydrogen (secondary N) is 3. The topological polar surface area (TPSA) is 99.8 Å². The lowest BCUT2D eigenvalue weighted by atomic mass is 10.2. The third-order valence-electron chi connectivity index (χ3n) is 2.76. The van der Waals surface area contributed by atoms with E-state index in [1.54, 1.807) is 6.07 Å². The maximum absolute atomic E-state index is 13.8. The number of nitrogens with zero attached hydrogens (tertiary/aromatic N) is 2. The van der Waals surface area contributed by atoms with E-state index < -0.39 is 15.8 Å². The molecule has 0 bridgehead atoms. The van der Waals surface area contributed by atoms with Crippen molar-refractivity contribution in [3.63, 3.8) is 0 Å². The van der Waals surface area contributed by atoms with Gasteiger partial charge < -0.3 is 5.32 Å². The van der Waals surface area contributed by atoms with E-state index in [0.29, 0.717) is 17.9 Å². The Hall–Kier alpha value is -1.84. The van der Waals surface area contributed by atoms with Crippen molar-refractivity contribution in [3.05, 3.63) is 41.7 Å². The first-order chi connectivity index (χ1) is 10.0. The molecular formula is C12H16FN5O2S. The van der Waals surface area contributed by atoms with Gasteiger partial charge in [-0.25, -0.2) is 22.5 Å². The molecule has 0 aliphatic carbocycles. The number of sulfonamides is 1. The monoisotopic (exact) mass is 313 g/mol. The summed E-state index contributed by atoms with van der Waals surface area (Å²) in [5.74, 6) is -0.442. The van der Waals surface area contributed by atoms with Crippen LogP contribution in [0.3, 0.4) is 0 Å². The van der Waals surface area contributed by atoms with Crippen LogP contribution < -0.4 is 10.0 Å². The average Bonchev–Trinajstić information content (AvgIpc) is 2.97. The van der Waals surface area contributed by atoms with Crippen molar-refractivity contribution in [2.24, 2.45) is 0 Å². The lowest BCUT2D eigenvalue weighted by molar-refractivity contribution is 0.554. The van der Waals surface area contributed by atoms with Crippen molar-refractivity contribution in [2.45, 2.75) is 24.9 Å². The van der Waals surface area contributed by atoms with Crippen LogP contribution in [-0.2, 0) is 23.1 Å². The molecule has 0 radical (unpaired) electrons. The van der Waals surface area contributed by atoms with Gasteiger partial charge in [0.2, 0.25) is 10.0 Å². The van der Waals surface area contributed by atoms with Crippen LogP contribution in [0.1, 0.15) is 18.3 Å². The molecule has 0 unspecified atom stereocenters. The summed E-state index contributed by atoms with van der Waals surface area (Å²) in [6.45, 7) is 3.06. The molecule has 114 valence electrons. The lowest BCUT2D eigenvalue weighted by Crippen LogP contribution is -2.25. The second-order valence-electron chi connectivity index (χ2n) is 4.30. The zero-order valence-electron chi connectivity index (χ0n) is 11.4. The van der Waals surface area contributed by atoms with Gasteiger partial charge in [-0.3, -0.25) is 5.10 Å². The van der Waals surface area contributed by atoms with Gasteiger partial charge in [0.1, 0.15) is 22.9 Å². The van der Waals surface area contributed by atoms with Crippen LogP contribution in [0.15, 0.2) is 29.4 Å². The maximum atomic E-state index is 13.8. The summed E-state index contributed by atoms with van der Waals surface area (Å²) in [6, 6.07) is 4.02. The number of H-pyrrole nitrogens is 1. The summed E-state index contributed by atoms with van der Waals surface area (Å²) in [6.07, 6.45) is 1.27. The van der Waals surface area contributed by atoms with Crippen molar-refractivity contribution >= 4 is 10.0 Å². The van der Waals surface area contributed by atoms with Crippen LogP contribution in [-0.4, -0.2) is 30.1 Å². The molecule has 21 heavy (non-hydrogen) atoms. The molecule has 0 aliphatic heterocycles. The number of rotatable bonds is 7. The maximum Gasteiger partial charge on any atom is 0.243 e.